The van der Waals surface area contributed by atoms with Crippen molar-refractivity contribution in [1.29, 1.82) is 0 Å². The van der Waals surface area contributed by atoms with E-state index in [1.807, 2.05) is 0 Å². The van der Waals surface area contributed by atoms with Crippen molar-refractivity contribution in [2.75, 3.05) is 7.11 Å². The summed E-state index contributed by atoms with van der Waals surface area (Å²) in [5, 5.41) is 9.32. The molecule has 1 aliphatic heterocycles. The van der Waals surface area contributed by atoms with E-state index < -0.39 is 18.4 Å². The van der Waals surface area contributed by atoms with E-state index in [1.54, 1.807) is 0 Å². The minimum Gasteiger partial charge on any atom is -0.497 e. The van der Waals surface area contributed by atoms with Crippen molar-refractivity contribution in [2.45, 2.75) is 18.4 Å². The van der Waals surface area contributed by atoms with Crippen LogP contribution in [0.4, 0.5) is 13.2 Å². The van der Waals surface area contributed by atoms with Crippen LogP contribution >= 0.6 is 0 Å². The SMILES string of the molecule is COc1ccc2c(c1)CC(O)(C(F)(F)F)O2. The summed E-state index contributed by atoms with van der Waals surface area (Å²) in [6.45, 7) is 0. The highest BCUT2D eigenvalue weighted by Gasteiger charge is 2.59. The average Bonchev–Trinajstić information content (AvgIpc) is 2.53. The Morgan fingerprint density at radius 3 is 2.69 bits per heavy atom. The number of aliphatic hydroxyl groups is 1. The second kappa shape index (κ2) is 3.28. The molecule has 0 spiro atoms. The van der Waals surface area contributed by atoms with Gasteiger partial charge in [0.1, 0.15) is 11.5 Å². The first kappa shape index (κ1) is 11.1. The Hall–Kier alpha value is -1.43. The van der Waals surface area contributed by atoms with Gasteiger partial charge in [-0.2, -0.15) is 13.2 Å². The van der Waals surface area contributed by atoms with Gasteiger partial charge >= 0.3 is 12.0 Å². The van der Waals surface area contributed by atoms with Gasteiger partial charge in [-0.25, -0.2) is 0 Å². The normalized spacial score (nSPS) is 23.8. The van der Waals surface area contributed by atoms with Crippen molar-refractivity contribution >= 4 is 0 Å². The Morgan fingerprint density at radius 1 is 1.44 bits per heavy atom. The van der Waals surface area contributed by atoms with Crippen LogP contribution in [0.5, 0.6) is 11.5 Å². The number of ether oxygens (including phenoxy) is 2. The quantitative estimate of drug-likeness (QED) is 0.806. The van der Waals surface area contributed by atoms with Crippen molar-refractivity contribution < 1.29 is 27.8 Å². The molecule has 1 N–H and O–H groups in total. The first-order valence-electron chi connectivity index (χ1n) is 4.51. The van der Waals surface area contributed by atoms with Crippen LogP contribution in [0.3, 0.4) is 0 Å². The van der Waals surface area contributed by atoms with Crippen LogP contribution in [0.15, 0.2) is 18.2 Å². The number of alkyl halides is 3. The lowest BCUT2D eigenvalue weighted by atomic mass is 10.1. The number of fused-ring (bicyclic) bond motifs is 1. The predicted molar refractivity (Wildman–Crippen MR) is 48.3 cm³/mol. The molecule has 16 heavy (non-hydrogen) atoms. The van der Waals surface area contributed by atoms with Gasteiger partial charge in [-0.1, -0.05) is 0 Å². The molecule has 3 nitrogen and oxygen atoms in total. The Labute approximate surface area is 89.4 Å². The van der Waals surface area contributed by atoms with E-state index in [0.717, 1.165) is 0 Å². The summed E-state index contributed by atoms with van der Waals surface area (Å²) < 4.78 is 46.9. The minimum atomic E-state index is -4.82. The molecule has 1 aromatic carbocycles. The Morgan fingerprint density at radius 2 is 2.12 bits per heavy atom. The van der Waals surface area contributed by atoms with Crippen molar-refractivity contribution in [3.8, 4) is 11.5 Å². The summed E-state index contributed by atoms with van der Waals surface area (Å²) in [6, 6.07) is 4.23. The highest BCUT2D eigenvalue weighted by molar-refractivity contribution is 5.44. The molecule has 0 radical (unpaired) electrons. The van der Waals surface area contributed by atoms with Crippen LogP contribution in [0.1, 0.15) is 5.56 Å². The molecule has 0 saturated heterocycles. The fourth-order valence-electron chi connectivity index (χ4n) is 1.55. The largest absolute Gasteiger partial charge is 0.497 e. The summed E-state index contributed by atoms with van der Waals surface area (Å²) in [5.41, 5.74) is 0.277. The molecule has 88 valence electrons. The molecule has 1 unspecified atom stereocenters. The van der Waals surface area contributed by atoms with E-state index >= 15 is 0 Å². The molecule has 1 aliphatic rings. The van der Waals surface area contributed by atoms with E-state index in [4.69, 9.17) is 4.74 Å². The summed E-state index contributed by atoms with van der Waals surface area (Å²) in [6.07, 6.45) is -5.44. The molecular formula is C10H9F3O3. The second-order valence-corrected chi connectivity index (χ2v) is 3.53. The van der Waals surface area contributed by atoms with Crippen molar-refractivity contribution in [3.05, 3.63) is 23.8 Å². The number of hydrogen-bond acceptors (Lipinski definition) is 3. The van der Waals surface area contributed by atoms with Gasteiger partial charge in [0, 0.05) is 5.56 Å². The summed E-state index contributed by atoms with van der Waals surface area (Å²) in [4.78, 5) is 0. The third-order valence-electron chi connectivity index (χ3n) is 2.42. The third kappa shape index (κ3) is 1.59. The minimum absolute atomic E-state index is 0.0284. The monoisotopic (exact) mass is 234 g/mol. The van der Waals surface area contributed by atoms with Crippen LogP contribution in [-0.2, 0) is 6.42 Å². The van der Waals surface area contributed by atoms with E-state index in [9.17, 15) is 18.3 Å². The highest BCUT2D eigenvalue weighted by atomic mass is 19.4. The van der Waals surface area contributed by atoms with Crippen LogP contribution in [0, 0.1) is 0 Å². The van der Waals surface area contributed by atoms with Gasteiger partial charge in [-0.3, -0.25) is 0 Å². The van der Waals surface area contributed by atoms with Crippen molar-refractivity contribution in [2.24, 2.45) is 0 Å². The van der Waals surface area contributed by atoms with E-state index in [-0.39, 0.29) is 11.3 Å². The molecule has 0 aliphatic carbocycles. The summed E-state index contributed by atoms with van der Waals surface area (Å²) >= 11 is 0. The zero-order chi connectivity index (χ0) is 12.0. The van der Waals surface area contributed by atoms with Gasteiger partial charge in [0.15, 0.2) is 0 Å². The maximum absolute atomic E-state index is 12.5. The van der Waals surface area contributed by atoms with Crippen molar-refractivity contribution in [3.63, 3.8) is 0 Å². The Kier molecular flexibility index (Phi) is 2.27. The maximum atomic E-state index is 12.5. The zero-order valence-electron chi connectivity index (χ0n) is 8.34. The van der Waals surface area contributed by atoms with E-state index in [0.29, 0.717) is 5.75 Å². The average molecular weight is 234 g/mol. The van der Waals surface area contributed by atoms with Gasteiger partial charge in [0.2, 0.25) is 0 Å². The van der Waals surface area contributed by atoms with Gasteiger partial charge in [-0.05, 0) is 18.2 Å². The molecule has 2 rings (SSSR count). The van der Waals surface area contributed by atoms with Crippen molar-refractivity contribution in [1.82, 2.24) is 0 Å². The Bertz CT molecular complexity index is 416. The highest BCUT2D eigenvalue weighted by Crippen LogP contribution is 2.43. The lowest BCUT2D eigenvalue weighted by Gasteiger charge is -2.24. The number of methoxy groups -OCH3 is 1. The molecule has 1 heterocycles. The standard InChI is InChI=1S/C10H9F3O3/c1-15-7-2-3-8-6(4-7)5-9(14,16-8)10(11,12)13/h2-4,14H,5H2,1H3. The van der Waals surface area contributed by atoms with Gasteiger partial charge < -0.3 is 14.6 Å². The van der Waals surface area contributed by atoms with Gasteiger partial charge in [0.25, 0.3) is 0 Å². The molecule has 1 atom stereocenters. The molecular weight excluding hydrogens is 225 g/mol. The summed E-state index contributed by atoms with van der Waals surface area (Å²) in [7, 11) is 1.41. The van der Waals surface area contributed by atoms with Crippen LogP contribution in [0.2, 0.25) is 0 Å². The molecule has 0 fully saturated rings. The van der Waals surface area contributed by atoms with Gasteiger partial charge in [0.05, 0.1) is 13.5 Å². The van der Waals surface area contributed by atoms with Gasteiger partial charge in [-0.15, -0.1) is 0 Å². The number of hydrogen-bond donors (Lipinski definition) is 1. The molecule has 0 aromatic heterocycles. The van der Waals surface area contributed by atoms with Crippen LogP contribution in [-0.4, -0.2) is 24.2 Å². The number of rotatable bonds is 1. The zero-order valence-corrected chi connectivity index (χ0v) is 8.34. The van der Waals surface area contributed by atoms with E-state index in [1.165, 1.54) is 25.3 Å². The fourth-order valence-corrected chi connectivity index (χ4v) is 1.55. The smallest absolute Gasteiger partial charge is 0.455 e. The molecule has 0 saturated carbocycles. The maximum Gasteiger partial charge on any atom is 0.455 e. The lowest BCUT2D eigenvalue weighted by Crippen LogP contribution is -2.49. The van der Waals surface area contributed by atoms with Crippen LogP contribution < -0.4 is 9.47 Å². The van der Waals surface area contributed by atoms with E-state index in [2.05, 4.69) is 4.74 Å². The third-order valence-corrected chi connectivity index (χ3v) is 2.42. The fraction of sp³-hybridized carbons (Fsp3) is 0.400. The molecule has 1 aromatic rings. The van der Waals surface area contributed by atoms with Crippen LogP contribution in [0.25, 0.3) is 0 Å². The molecule has 6 heteroatoms. The lowest BCUT2D eigenvalue weighted by molar-refractivity contribution is -0.327. The molecule has 0 amide bonds. The summed E-state index contributed by atoms with van der Waals surface area (Å²) in [5.74, 6) is -2.67. The Balaban J connectivity index is 2.34. The first-order chi connectivity index (χ1) is 7.36. The molecule has 0 bridgehead atoms. The topological polar surface area (TPSA) is 38.7 Å². The number of halogens is 3. The predicted octanol–water partition coefficient (Wildman–Crippen LogP) is 1.88. The number of benzene rings is 1. The second-order valence-electron chi connectivity index (χ2n) is 3.53. The first-order valence-corrected chi connectivity index (χ1v) is 4.51.